The van der Waals surface area contributed by atoms with E-state index < -0.39 is 48.9 Å². The molecule has 0 fully saturated rings. The van der Waals surface area contributed by atoms with Crippen LogP contribution in [0.3, 0.4) is 0 Å². The van der Waals surface area contributed by atoms with Gasteiger partial charge in [-0.1, -0.05) is 50.3 Å². The van der Waals surface area contributed by atoms with Crippen molar-refractivity contribution in [3.05, 3.63) is 53.6 Å². The van der Waals surface area contributed by atoms with E-state index in [2.05, 4.69) is 13.0 Å². The van der Waals surface area contributed by atoms with Crippen molar-refractivity contribution in [2.75, 3.05) is 0 Å². The van der Waals surface area contributed by atoms with Gasteiger partial charge in [0, 0.05) is 12.3 Å². The number of aryl methyl sites for hydroxylation is 1. The molecule has 8 heteroatoms. The molecule has 4 N–H and O–H groups in total. The minimum atomic E-state index is -1.11. The third-order valence-corrected chi connectivity index (χ3v) is 7.42. The van der Waals surface area contributed by atoms with E-state index in [1.807, 2.05) is 44.2 Å². The van der Waals surface area contributed by atoms with Crippen molar-refractivity contribution in [2.24, 2.45) is 17.8 Å². The quantitative estimate of drug-likeness (QED) is 0.310. The Bertz CT molecular complexity index is 986. The second-order valence-electron chi connectivity index (χ2n) is 10.4. The highest BCUT2D eigenvalue weighted by Crippen LogP contribution is 2.44. The van der Waals surface area contributed by atoms with Crippen LogP contribution >= 0.6 is 0 Å². The zero-order chi connectivity index (χ0) is 27.1. The van der Waals surface area contributed by atoms with Crippen molar-refractivity contribution in [1.82, 2.24) is 0 Å². The van der Waals surface area contributed by atoms with Gasteiger partial charge in [0.2, 0.25) is 0 Å². The number of aliphatic hydroxyl groups is 3. The number of fused-ring (bicyclic) bond motifs is 1. The topological polar surface area (TPSA) is 134 Å². The Morgan fingerprint density at radius 3 is 2.57 bits per heavy atom. The Hall–Kier alpha value is -2.68. The highest BCUT2D eigenvalue weighted by Gasteiger charge is 2.42. The van der Waals surface area contributed by atoms with Gasteiger partial charge >= 0.3 is 11.9 Å². The predicted octanol–water partition coefficient (Wildman–Crippen LogP) is 3.56. The molecule has 1 unspecified atom stereocenters. The van der Waals surface area contributed by atoms with Crippen molar-refractivity contribution in [3.63, 3.8) is 0 Å². The molecule has 1 aromatic carbocycles. The fourth-order valence-corrected chi connectivity index (χ4v) is 5.45. The van der Waals surface area contributed by atoms with Crippen LogP contribution in [0.2, 0.25) is 0 Å². The van der Waals surface area contributed by atoms with Gasteiger partial charge in [0.1, 0.15) is 11.9 Å². The van der Waals surface area contributed by atoms with Crippen LogP contribution < -0.4 is 4.74 Å². The van der Waals surface area contributed by atoms with E-state index in [-0.39, 0.29) is 30.6 Å². The molecule has 0 saturated carbocycles. The first kappa shape index (κ1) is 28.9. The zero-order valence-corrected chi connectivity index (χ0v) is 21.8. The van der Waals surface area contributed by atoms with E-state index in [0.717, 1.165) is 11.1 Å². The maximum atomic E-state index is 13.2. The van der Waals surface area contributed by atoms with Crippen LogP contribution in [0, 0.1) is 24.7 Å². The number of aliphatic hydroxyl groups excluding tert-OH is 3. The smallest absolute Gasteiger partial charge is 0.347 e. The van der Waals surface area contributed by atoms with Crippen LogP contribution in [0.1, 0.15) is 57.9 Å². The molecule has 8 atom stereocenters. The Balaban J connectivity index is 1.71. The standard InChI is InChI=1S/C29H40O8/c1-4-24(36-25-8-6-5-7-18(25)3)29(35)37-26-15-21(31)13-19-10-9-17(2)23(28(19)26)12-11-20(30)14-22(32)16-27(33)34/h5-10,13,17,20-24,26,28,30-32H,4,11-12,14-16H2,1-3H3,(H,33,34)/t17-,20+,21+,22+,23-,24?,26-,28-/m0/s1. The van der Waals surface area contributed by atoms with Gasteiger partial charge in [-0.2, -0.15) is 0 Å². The molecule has 0 amide bonds. The minimum absolute atomic E-state index is 0.0118. The summed E-state index contributed by atoms with van der Waals surface area (Å²) < 4.78 is 12.0. The number of esters is 1. The van der Waals surface area contributed by atoms with Gasteiger partial charge in [0.05, 0.1) is 24.7 Å². The van der Waals surface area contributed by atoms with Gasteiger partial charge in [-0.15, -0.1) is 0 Å². The largest absolute Gasteiger partial charge is 0.481 e. The number of ether oxygens (including phenoxy) is 2. The molecule has 3 rings (SSSR count). The minimum Gasteiger partial charge on any atom is -0.481 e. The molecule has 2 aliphatic carbocycles. The molecule has 1 aromatic rings. The van der Waals surface area contributed by atoms with Crippen molar-refractivity contribution in [1.29, 1.82) is 0 Å². The van der Waals surface area contributed by atoms with E-state index in [0.29, 0.717) is 25.0 Å². The summed E-state index contributed by atoms with van der Waals surface area (Å²) in [6, 6.07) is 7.49. The molecular formula is C29H40O8. The van der Waals surface area contributed by atoms with Crippen LogP contribution in [0.25, 0.3) is 0 Å². The number of carboxylic acid groups (broad SMARTS) is 1. The third kappa shape index (κ3) is 7.90. The van der Waals surface area contributed by atoms with Gasteiger partial charge in [0.25, 0.3) is 0 Å². The maximum absolute atomic E-state index is 13.2. The molecule has 0 saturated heterocycles. The summed E-state index contributed by atoms with van der Waals surface area (Å²) in [5.74, 6) is -0.934. The Labute approximate surface area is 218 Å². The van der Waals surface area contributed by atoms with E-state index in [4.69, 9.17) is 14.6 Å². The van der Waals surface area contributed by atoms with Crippen LogP contribution in [-0.2, 0) is 14.3 Å². The van der Waals surface area contributed by atoms with Crippen LogP contribution in [0.15, 0.2) is 48.1 Å². The lowest BCUT2D eigenvalue weighted by molar-refractivity contribution is -0.163. The molecular weight excluding hydrogens is 476 g/mol. The summed E-state index contributed by atoms with van der Waals surface area (Å²) in [5, 5.41) is 39.7. The van der Waals surface area contributed by atoms with Crippen molar-refractivity contribution < 1.29 is 39.5 Å². The monoisotopic (exact) mass is 516 g/mol. The van der Waals surface area contributed by atoms with Crippen LogP contribution in [0.4, 0.5) is 0 Å². The maximum Gasteiger partial charge on any atom is 0.347 e. The summed E-state index contributed by atoms with van der Waals surface area (Å²) in [6.45, 7) is 5.85. The first-order chi connectivity index (χ1) is 17.6. The number of allylic oxidation sites excluding steroid dienone is 2. The third-order valence-electron chi connectivity index (χ3n) is 7.42. The van der Waals surface area contributed by atoms with E-state index in [9.17, 15) is 24.9 Å². The summed E-state index contributed by atoms with van der Waals surface area (Å²) in [4.78, 5) is 24.0. The SMILES string of the molecule is CCC(Oc1ccccc1C)C(=O)O[C@H]1C[C@H](O)C=C2C=C[C@H](C)[C@H](CC[C@@H](O)C[C@@H](O)CC(=O)O)[C@H]21. The van der Waals surface area contributed by atoms with Crippen molar-refractivity contribution in [2.45, 2.75) is 89.8 Å². The van der Waals surface area contributed by atoms with E-state index >= 15 is 0 Å². The fourth-order valence-electron chi connectivity index (χ4n) is 5.45. The number of hydrogen-bond donors (Lipinski definition) is 4. The first-order valence-electron chi connectivity index (χ1n) is 13.2. The summed E-state index contributed by atoms with van der Waals surface area (Å²) in [6.07, 6.45) is 3.07. The van der Waals surface area contributed by atoms with Crippen LogP contribution in [0.5, 0.6) is 5.75 Å². The highest BCUT2D eigenvalue weighted by atomic mass is 16.6. The van der Waals surface area contributed by atoms with Gasteiger partial charge in [-0.3, -0.25) is 4.79 Å². The number of rotatable bonds is 12. The number of aliphatic carboxylic acids is 1. The van der Waals surface area contributed by atoms with E-state index in [1.165, 1.54) is 0 Å². The molecule has 37 heavy (non-hydrogen) atoms. The molecule has 0 aliphatic heterocycles. The fraction of sp³-hybridized carbons (Fsp3) is 0.586. The predicted molar refractivity (Wildman–Crippen MR) is 138 cm³/mol. The summed E-state index contributed by atoms with van der Waals surface area (Å²) in [5.41, 5.74) is 1.83. The average Bonchev–Trinajstić information content (AvgIpc) is 2.82. The highest BCUT2D eigenvalue weighted by molar-refractivity contribution is 5.75. The Morgan fingerprint density at radius 2 is 1.89 bits per heavy atom. The molecule has 2 aliphatic rings. The van der Waals surface area contributed by atoms with Crippen molar-refractivity contribution >= 4 is 11.9 Å². The second kappa shape index (κ2) is 13.2. The zero-order valence-electron chi connectivity index (χ0n) is 21.8. The lowest BCUT2D eigenvalue weighted by Gasteiger charge is -2.43. The number of carbonyl (C=O) groups excluding carboxylic acids is 1. The molecule has 0 bridgehead atoms. The Kier molecular flexibility index (Phi) is 10.3. The number of benzene rings is 1. The lowest BCUT2D eigenvalue weighted by atomic mass is 9.66. The lowest BCUT2D eigenvalue weighted by Crippen LogP contribution is -2.44. The number of carboxylic acids is 1. The van der Waals surface area contributed by atoms with Crippen LogP contribution in [-0.4, -0.2) is 62.9 Å². The number of para-hydroxylation sites is 1. The number of hydrogen-bond acceptors (Lipinski definition) is 7. The summed E-state index contributed by atoms with van der Waals surface area (Å²) >= 11 is 0. The molecule has 0 heterocycles. The van der Waals surface area contributed by atoms with Gasteiger partial charge in [0.15, 0.2) is 6.10 Å². The molecule has 204 valence electrons. The Morgan fingerprint density at radius 1 is 1.16 bits per heavy atom. The number of carbonyl (C=O) groups is 2. The first-order valence-corrected chi connectivity index (χ1v) is 13.2. The molecule has 0 spiro atoms. The van der Waals surface area contributed by atoms with Crippen molar-refractivity contribution in [3.8, 4) is 5.75 Å². The van der Waals surface area contributed by atoms with Gasteiger partial charge in [-0.25, -0.2) is 4.79 Å². The summed E-state index contributed by atoms with van der Waals surface area (Å²) in [7, 11) is 0. The van der Waals surface area contributed by atoms with Gasteiger partial charge < -0.3 is 29.9 Å². The second-order valence-corrected chi connectivity index (χ2v) is 10.4. The molecule has 0 radical (unpaired) electrons. The normalized spacial score (nSPS) is 27.4. The molecule has 0 aromatic heterocycles. The molecule has 8 nitrogen and oxygen atoms in total. The average molecular weight is 517 g/mol. The van der Waals surface area contributed by atoms with E-state index in [1.54, 1.807) is 6.08 Å². The van der Waals surface area contributed by atoms with Gasteiger partial charge in [-0.05, 0) is 61.6 Å².